The topological polar surface area (TPSA) is 54.8 Å². The highest BCUT2D eigenvalue weighted by molar-refractivity contribution is 6.24. The molecule has 0 saturated carbocycles. The lowest BCUT2D eigenvalue weighted by Crippen LogP contribution is -2.37. The monoisotopic (exact) mass is 341 g/mol. The minimum absolute atomic E-state index is 0.0327. The average molecular weight is 341 g/mol. The van der Waals surface area contributed by atoms with Crippen LogP contribution in [0.4, 0.5) is 5.82 Å². The number of pyridine rings is 1. The molecule has 0 radical (unpaired) electrons. The number of rotatable bonds is 2. The third kappa shape index (κ3) is 2.00. The Bertz CT molecular complexity index is 1060. The zero-order chi connectivity index (χ0) is 17.7. The highest BCUT2D eigenvalue weighted by Crippen LogP contribution is 2.43. The normalized spacial score (nSPS) is 17.3. The molecule has 26 heavy (non-hydrogen) atoms. The zero-order valence-electron chi connectivity index (χ0n) is 14.1. The molecule has 3 aromatic rings. The van der Waals surface area contributed by atoms with E-state index in [9.17, 15) is 4.79 Å². The minimum Gasteiger partial charge on any atom is -0.497 e. The van der Waals surface area contributed by atoms with E-state index in [4.69, 9.17) is 9.73 Å². The van der Waals surface area contributed by atoms with Crippen molar-refractivity contribution in [1.29, 1.82) is 0 Å². The molecular formula is C21H15N3O2. The third-order valence-electron chi connectivity index (χ3n) is 4.86. The van der Waals surface area contributed by atoms with Gasteiger partial charge in [0.1, 0.15) is 11.6 Å². The molecule has 1 amide bonds. The lowest BCUT2D eigenvalue weighted by Gasteiger charge is -2.32. The van der Waals surface area contributed by atoms with Crippen molar-refractivity contribution in [2.45, 2.75) is 6.04 Å². The second-order valence-electron chi connectivity index (χ2n) is 6.25. The molecule has 2 aliphatic heterocycles. The van der Waals surface area contributed by atoms with E-state index < -0.39 is 0 Å². The van der Waals surface area contributed by atoms with Gasteiger partial charge in [0.05, 0.1) is 18.7 Å². The van der Waals surface area contributed by atoms with Crippen molar-refractivity contribution < 1.29 is 9.53 Å². The fourth-order valence-electron chi connectivity index (χ4n) is 3.64. The van der Waals surface area contributed by atoms with Crippen molar-refractivity contribution >= 4 is 17.6 Å². The number of fused-ring (bicyclic) bond motifs is 4. The molecule has 1 atom stereocenters. The summed E-state index contributed by atoms with van der Waals surface area (Å²) in [6.45, 7) is 0. The smallest absolute Gasteiger partial charge is 0.261 e. The van der Waals surface area contributed by atoms with E-state index in [0.29, 0.717) is 17.2 Å². The molecule has 0 bridgehead atoms. The van der Waals surface area contributed by atoms with Crippen molar-refractivity contribution in [2.75, 3.05) is 7.11 Å². The molecule has 5 heteroatoms. The van der Waals surface area contributed by atoms with Crippen molar-refractivity contribution in [3.63, 3.8) is 0 Å². The van der Waals surface area contributed by atoms with Gasteiger partial charge in [0.2, 0.25) is 0 Å². The molecule has 0 fully saturated rings. The molecule has 3 heterocycles. The predicted molar refractivity (Wildman–Crippen MR) is 97.9 cm³/mol. The maximum atomic E-state index is 13.1. The van der Waals surface area contributed by atoms with Gasteiger partial charge in [0.25, 0.3) is 5.91 Å². The van der Waals surface area contributed by atoms with Gasteiger partial charge in [-0.05, 0) is 29.8 Å². The Morgan fingerprint density at radius 2 is 1.73 bits per heavy atom. The van der Waals surface area contributed by atoms with Gasteiger partial charge < -0.3 is 4.74 Å². The number of nitrogens with zero attached hydrogens (tertiary/aromatic N) is 3. The molecule has 2 aromatic carbocycles. The van der Waals surface area contributed by atoms with Crippen molar-refractivity contribution in [3.05, 3.63) is 89.1 Å². The van der Waals surface area contributed by atoms with Crippen LogP contribution in [0, 0.1) is 0 Å². The fourth-order valence-corrected chi connectivity index (χ4v) is 3.64. The molecule has 0 N–H and O–H groups in total. The second-order valence-corrected chi connectivity index (χ2v) is 6.25. The van der Waals surface area contributed by atoms with Crippen LogP contribution in [0.25, 0.3) is 0 Å². The number of methoxy groups -OCH3 is 1. The summed E-state index contributed by atoms with van der Waals surface area (Å²) >= 11 is 0. The molecule has 0 saturated heterocycles. The quantitative estimate of drug-likeness (QED) is 0.714. The van der Waals surface area contributed by atoms with Gasteiger partial charge in [-0.3, -0.25) is 9.69 Å². The number of benzene rings is 2. The number of ether oxygens (including phenoxy) is 1. The molecule has 2 aliphatic rings. The maximum Gasteiger partial charge on any atom is 0.261 e. The summed E-state index contributed by atoms with van der Waals surface area (Å²) in [6, 6.07) is 19.0. The van der Waals surface area contributed by atoms with Crippen LogP contribution in [-0.4, -0.2) is 28.7 Å². The summed E-state index contributed by atoms with van der Waals surface area (Å²) in [4.78, 5) is 24.1. The van der Waals surface area contributed by atoms with E-state index in [1.165, 1.54) is 0 Å². The standard InChI is InChI=1S/C21H15N3O2/c1-26-14-10-8-13(9-11-14)18-17-7-4-12-22-19(17)23-20-15-5-2-3-6-16(15)21(25)24(18)20/h2-12,18H,1H3. The Morgan fingerprint density at radius 3 is 2.50 bits per heavy atom. The van der Waals surface area contributed by atoms with Crippen molar-refractivity contribution in [3.8, 4) is 5.75 Å². The minimum atomic E-state index is -0.267. The Hall–Kier alpha value is -3.47. The lowest BCUT2D eigenvalue weighted by molar-refractivity contribution is 0.0831. The number of hydrogen-bond donors (Lipinski definition) is 0. The first-order chi connectivity index (χ1) is 12.8. The van der Waals surface area contributed by atoms with E-state index in [-0.39, 0.29) is 11.9 Å². The van der Waals surface area contributed by atoms with Gasteiger partial charge in [-0.1, -0.05) is 36.4 Å². The Labute approximate surface area is 150 Å². The van der Waals surface area contributed by atoms with Gasteiger partial charge in [-0.25, -0.2) is 9.98 Å². The molecule has 0 spiro atoms. The van der Waals surface area contributed by atoms with Crippen LogP contribution in [-0.2, 0) is 0 Å². The fraction of sp³-hybridized carbons (Fsp3) is 0.0952. The number of hydrogen-bond acceptors (Lipinski definition) is 4. The van der Waals surface area contributed by atoms with Crippen LogP contribution < -0.4 is 4.74 Å². The second kappa shape index (κ2) is 5.52. The van der Waals surface area contributed by atoms with Crippen LogP contribution in [0.3, 0.4) is 0 Å². The summed E-state index contributed by atoms with van der Waals surface area (Å²) in [5.41, 5.74) is 3.45. The van der Waals surface area contributed by atoms with E-state index in [2.05, 4.69) is 4.98 Å². The zero-order valence-corrected chi connectivity index (χ0v) is 14.1. The van der Waals surface area contributed by atoms with Crippen LogP contribution in [0.5, 0.6) is 5.75 Å². The van der Waals surface area contributed by atoms with E-state index in [1.807, 2.05) is 60.7 Å². The maximum absolute atomic E-state index is 13.1. The van der Waals surface area contributed by atoms with Gasteiger partial charge >= 0.3 is 0 Å². The summed E-state index contributed by atoms with van der Waals surface area (Å²) < 4.78 is 5.27. The number of carbonyl (C=O) groups excluding carboxylic acids is 1. The summed E-state index contributed by atoms with van der Waals surface area (Å²) in [5.74, 6) is 2.07. The highest BCUT2D eigenvalue weighted by atomic mass is 16.5. The van der Waals surface area contributed by atoms with Crippen LogP contribution in [0.1, 0.15) is 33.1 Å². The summed E-state index contributed by atoms with van der Waals surface area (Å²) in [7, 11) is 1.64. The van der Waals surface area contributed by atoms with Crippen LogP contribution in [0.15, 0.2) is 71.9 Å². The van der Waals surface area contributed by atoms with Gasteiger partial charge in [0, 0.05) is 17.3 Å². The van der Waals surface area contributed by atoms with Gasteiger partial charge in [0.15, 0.2) is 5.82 Å². The summed E-state index contributed by atoms with van der Waals surface area (Å²) in [5, 5.41) is 0. The van der Waals surface area contributed by atoms with E-state index in [1.54, 1.807) is 18.2 Å². The number of carbonyl (C=O) groups is 1. The number of aliphatic imine (C=N–C) groups is 1. The van der Waals surface area contributed by atoms with E-state index in [0.717, 1.165) is 22.4 Å². The predicted octanol–water partition coefficient (Wildman–Crippen LogP) is 3.73. The molecule has 1 aromatic heterocycles. The van der Waals surface area contributed by atoms with Crippen molar-refractivity contribution in [1.82, 2.24) is 9.88 Å². The lowest BCUT2D eigenvalue weighted by atomic mass is 9.96. The third-order valence-corrected chi connectivity index (χ3v) is 4.86. The SMILES string of the molecule is COc1ccc(C2c3cccnc3N=C3c4ccccc4C(=O)N32)cc1. The van der Waals surface area contributed by atoms with Gasteiger partial charge in [-0.15, -0.1) is 0 Å². The van der Waals surface area contributed by atoms with Crippen LogP contribution in [0.2, 0.25) is 0 Å². The molecular weight excluding hydrogens is 326 g/mol. The van der Waals surface area contributed by atoms with E-state index >= 15 is 0 Å². The Kier molecular flexibility index (Phi) is 3.15. The van der Waals surface area contributed by atoms with Gasteiger partial charge in [-0.2, -0.15) is 0 Å². The first kappa shape index (κ1) is 14.8. The number of amides is 1. The first-order valence-corrected chi connectivity index (χ1v) is 8.38. The highest BCUT2D eigenvalue weighted by Gasteiger charge is 2.43. The molecule has 1 unspecified atom stereocenters. The van der Waals surface area contributed by atoms with Crippen LogP contribution >= 0.6 is 0 Å². The van der Waals surface area contributed by atoms with Crippen molar-refractivity contribution in [2.24, 2.45) is 4.99 Å². The molecule has 5 nitrogen and oxygen atoms in total. The molecule has 5 rings (SSSR count). The average Bonchev–Trinajstić information content (AvgIpc) is 2.99. The first-order valence-electron chi connectivity index (χ1n) is 8.38. The molecule has 0 aliphatic carbocycles. The number of amidine groups is 1. The summed E-state index contributed by atoms with van der Waals surface area (Å²) in [6.07, 6.45) is 1.73. The Balaban J connectivity index is 1.74. The Morgan fingerprint density at radius 1 is 0.962 bits per heavy atom. The molecule has 126 valence electrons. The largest absolute Gasteiger partial charge is 0.497 e. The number of aromatic nitrogens is 1.